The van der Waals surface area contributed by atoms with E-state index in [1.54, 1.807) is 0 Å². The molecular weight excluding hydrogens is 200 g/mol. The largest absolute Gasteiger partial charge is 0.431 e. The minimum absolute atomic E-state index is 0.0646. The van der Waals surface area contributed by atoms with Crippen molar-refractivity contribution in [1.29, 1.82) is 0 Å². The summed E-state index contributed by atoms with van der Waals surface area (Å²) in [7, 11) is 0. The number of hydrogen-bond donors (Lipinski definition) is 0. The topological polar surface area (TPSA) is 69.7 Å². The highest BCUT2D eigenvalue weighted by Crippen LogP contribution is 2.32. The Kier molecular flexibility index (Phi) is 2.30. The van der Waals surface area contributed by atoms with Crippen LogP contribution in [0.1, 0.15) is 19.3 Å². The van der Waals surface area contributed by atoms with Crippen LogP contribution in [0.5, 0.6) is 0 Å². The molecule has 0 aromatic heterocycles. The maximum atomic E-state index is 11.2. The standard InChI is InChI=1S/C10H10O5/c1-5-2-6(9(12)14-5)3-7-4-8(11)15-10(7)13/h6-7H,1-4H2. The minimum Gasteiger partial charge on any atom is -0.431 e. The molecule has 5 heteroatoms. The summed E-state index contributed by atoms with van der Waals surface area (Å²) in [5, 5.41) is 0. The van der Waals surface area contributed by atoms with E-state index in [1.807, 2.05) is 0 Å². The zero-order valence-corrected chi connectivity index (χ0v) is 8.02. The van der Waals surface area contributed by atoms with E-state index in [0.717, 1.165) is 0 Å². The third-order valence-electron chi connectivity index (χ3n) is 2.58. The van der Waals surface area contributed by atoms with Crippen LogP contribution in [-0.2, 0) is 23.9 Å². The van der Waals surface area contributed by atoms with Crippen molar-refractivity contribution in [3.8, 4) is 0 Å². The summed E-state index contributed by atoms with van der Waals surface area (Å²) in [6, 6.07) is 0. The van der Waals surface area contributed by atoms with Gasteiger partial charge < -0.3 is 9.47 Å². The molecule has 2 rings (SSSR count). The van der Waals surface area contributed by atoms with Gasteiger partial charge in [-0.2, -0.15) is 0 Å². The van der Waals surface area contributed by atoms with Gasteiger partial charge in [-0.15, -0.1) is 0 Å². The van der Waals surface area contributed by atoms with Gasteiger partial charge in [-0.05, 0) is 6.42 Å². The van der Waals surface area contributed by atoms with E-state index >= 15 is 0 Å². The van der Waals surface area contributed by atoms with Gasteiger partial charge in [0, 0.05) is 6.42 Å². The van der Waals surface area contributed by atoms with Crippen LogP contribution >= 0.6 is 0 Å². The Morgan fingerprint density at radius 3 is 2.13 bits per heavy atom. The maximum Gasteiger partial charge on any atom is 0.317 e. The third kappa shape index (κ3) is 1.91. The molecule has 0 aromatic carbocycles. The molecule has 2 heterocycles. The number of carbonyl (C=O) groups excluding carboxylic acids is 3. The first-order chi connectivity index (χ1) is 7.06. The second-order valence-corrected chi connectivity index (χ2v) is 3.79. The normalized spacial score (nSPS) is 30.7. The van der Waals surface area contributed by atoms with E-state index in [0.29, 0.717) is 18.6 Å². The molecule has 0 saturated carbocycles. The number of cyclic esters (lactones) is 3. The fourth-order valence-corrected chi connectivity index (χ4v) is 1.85. The predicted octanol–water partition coefficient (Wildman–Crippen LogP) is 0.543. The van der Waals surface area contributed by atoms with Crippen LogP contribution in [0.4, 0.5) is 0 Å². The second kappa shape index (κ2) is 3.49. The molecule has 15 heavy (non-hydrogen) atoms. The highest BCUT2D eigenvalue weighted by atomic mass is 16.6. The van der Waals surface area contributed by atoms with Gasteiger partial charge in [0.2, 0.25) is 0 Å². The molecule has 2 aliphatic heterocycles. The summed E-state index contributed by atoms with van der Waals surface area (Å²) < 4.78 is 9.17. The lowest BCUT2D eigenvalue weighted by Gasteiger charge is -2.06. The molecule has 0 aromatic rings. The van der Waals surface area contributed by atoms with Crippen molar-refractivity contribution in [2.24, 2.45) is 11.8 Å². The van der Waals surface area contributed by atoms with Crippen molar-refractivity contribution in [2.45, 2.75) is 19.3 Å². The number of rotatable bonds is 2. The molecule has 0 radical (unpaired) electrons. The van der Waals surface area contributed by atoms with Gasteiger partial charge >= 0.3 is 17.9 Å². The molecule has 2 atom stereocenters. The van der Waals surface area contributed by atoms with Crippen molar-refractivity contribution in [3.05, 3.63) is 12.3 Å². The Morgan fingerprint density at radius 2 is 1.67 bits per heavy atom. The van der Waals surface area contributed by atoms with Crippen LogP contribution in [0.2, 0.25) is 0 Å². The first-order valence-electron chi connectivity index (χ1n) is 4.70. The number of hydrogen-bond acceptors (Lipinski definition) is 5. The third-order valence-corrected chi connectivity index (χ3v) is 2.58. The zero-order chi connectivity index (χ0) is 11.0. The lowest BCUT2D eigenvalue weighted by molar-refractivity contribution is -0.153. The smallest absolute Gasteiger partial charge is 0.317 e. The molecule has 2 fully saturated rings. The SMILES string of the molecule is C=C1CC(CC2CC(=O)OC2=O)C(=O)O1. The number of ether oxygens (including phenoxy) is 2. The lowest BCUT2D eigenvalue weighted by Crippen LogP contribution is -2.16. The number of allylic oxidation sites excluding steroid dienone is 1. The van der Waals surface area contributed by atoms with Crippen molar-refractivity contribution < 1.29 is 23.9 Å². The second-order valence-electron chi connectivity index (χ2n) is 3.79. The van der Waals surface area contributed by atoms with E-state index in [4.69, 9.17) is 4.74 Å². The van der Waals surface area contributed by atoms with E-state index in [9.17, 15) is 14.4 Å². The average Bonchev–Trinajstić information content (AvgIpc) is 2.58. The molecular formula is C10H10O5. The van der Waals surface area contributed by atoms with Crippen LogP contribution in [0, 0.1) is 11.8 Å². The molecule has 2 saturated heterocycles. The van der Waals surface area contributed by atoms with Crippen molar-refractivity contribution >= 4 is 17.9 Å². The summed E-state index contributed by atoms with van der Waals surface area (Å²) in [4.78, 5) is 33.2. The van der Waals surface area contributed by atoms with Gasteiger partial charge in [0.25, 0.3) is 0 Å². The van der Waals surface area contributed by atoms with E-state index in [2.05, 4.69) is 11.3 Å². The van der Waals surface area contributed by atoms with Crippen LogP contribution in [0.3, 0.4) is 0 Å². The maximum absolute atomic E-state index is 11.2. The summed E-state index contributed by atoms with van der Waals surface area (Å²) in [6.45, 7) is 3.54. The highest BCUT2D eigenvalue weighted by molar-refractivity contribution is 5.94. The zero-order valence-electron chi connectivity index (χ0n) is 8.02. The minimum atomic E-state index is -0.537. The van der Waals surface area contributed by atoms with E-state index < -0.39 is 17.9 Å². The Bertz CT molecular complexity index is 323. The summed E-state index contributed by atoms with van der Waals surface area (Å²) in [5.74, 6) is -1.86. The Morgan fingerprint density at radius 1 is 1.07 bits per heavy atom. The first kappa shape index (κ1) is 9.89. The molecule has 5 nitrogen and oxygen atoms in total. The molecule has 2 unspecified atom stereocenters. The van der Waals surface area contributed by atoms with Crippen LogP contribution < -0.4 is 0 Å². The van der Waals surface area contributed by atoms with Crippen molar-refractivity contribution in [1.82, 2.24) is 0 Å². The molecule has 0 spiro atoms. The molecule has 80 valence electrons. The number of carbonyl (C=O) groups is 3. The Labute approximate surface area is 86.0 Å². The van der Waals surface area contributed by atoms with Gasteiger partial charge in [0.1, 0.15) is 5.76 Å². The molecule has 2 aliphatic rings. The molecule has 0 N–H and O–H groups in total. The van der Waals surface area contributed by atoms with Crippen molar-refractivity contribution in [3.63, 3.8) is 0 Å². The monoisotopic (exact) mass is 210 g/mol. The summed E-state index contributed by atoms with van der Waals surface area (Å²) in [5.41, 5.74) is 0. The van der Waals surface area contributed by atoms with Gasteiger partial charge in [0.15, 0.2) is 0 Å². The van der Waals surface area contributed by atoms with E-state index in [-0.39, 0.29) is 18.3 Å². The summed E-state index contributed by atoms with van der Waals surface area (Å²) >= 11 is 0. The van der Waals surface area contributed by atoms with Gasteiger partial charge in [-0.25, -0.2) is 0 Å². The van der Waals surface area contributed by atoms with E-state index in [1.165, 1.54) is 0 Å². The van der Waals surface area contributed by atoms with Gasteiger partial charge in [-0.1, -0.05) is 6.58 Å². The Balaban J connectivity index is 1.98. The van der Waals surface area contributed by atoms with Gasteiger partial charge in [-0.3, -0.25) is 14.4 Å². The molecule has 0 bridgehead atoms. The van der Waals surface area contributed by atoms with Crippen LogP contribution in [-0.4, -0.2) is 17.9 Å². The summed E-state index contributed by atoms with van der Waals surface area (Å²) in [6.07, 6.45) is 0.800. The molecule has 0 aliphatic carbocycles. The fraction of sp³-hybridized carbons (Fsp3) is 0.500. The fourth-order valence-electron chi connectivity index (χ4n) is 1.85. The van der Waals surface area contributed by atoms with Gasteiger partial charge in [0.05, 0.1) is 18.3 Å². The highest BCUT2D eigenvalue weighted by Gasteiger charge is 2.39. The Hall–Kier alpha value is -1.65. The average molecular weight is 210 g/mol. The number of esters is 3. The first-order valence-corrected chi connectivity index (χ1v) is 4.70. The predicted molar refractivity (Wildman–Crippen MR) is 47.2 cm³/mol. The van der Waals surface area contributed by atoms with Crippen LogP contribution in [0.15, 0.2) is 12.3 Å². The quantitative estimate of drug-likeness (QED) is 0.491. The van der Waals surface area contributed by atoms with Crippen molar-refractivity contribution in [2.75, 3.05) is 0 Å². The molecule has 0 amide bonds. The lowest BCUT2D eigenvalue weighted by atomic mass is 9.92. The van der Waals surface area contributed by atoms with Crippen LogP contribution in [0.25, 0.3) is 0 Å².